The Hall–Kier alpha value is -3.85. The first-order valence-electron chi connectivity index (χ1n) is 12.0. The average molecular weight is 488 g/mol. The Labute approximate surface area is 205 Å². The van der Waals surface area contributed by atoms with Crippen molar-refractivity contribution in [1.29, 1.82) is 0 Å². The van der Waals surface area contributed by atoms with Crippen molar-refractivity contribution in [2.24, 2.45) is 5.73 Å². The number of halogens is 2. The van der Waals surface area contributed by atoms with Crippen molar-refractivity contribution in [3.05, 3.63) is 83.1 Å². The Bertz CT molecular complexity index is 1540. The molecule has 1 aromatic carbocycles. The SMILES string of the molecule is CN1C(=O)c2cccc(OC(F)F)c2C2CC1c1nc3ccc(-c4ccc(C5(N)CC5)nc4)cn3c12. The third-order valence-corrected chi connectivity index (χ3v) is 7.83. The van der Waals surface area contributed by atoms with Crippen LogP contribution in [0.15, 0.2) is 54.9 Å². The van der Waals surface area contributed by atoms with Crippen LogP contribution in [-0.2, 0) is 5.54 Å². The van der Waals surface area contributed by atoms with Crippen molar-refractivity contribution in [2.45, 2.75) is 43.4 Å². The molecule has 0 radical (unpaired) electrons. The average Bonchev–Trinajstić information content (AvgIpc) is 3.40. The van der Waals surface area contributed by atoms with Crippen molar-refractivity contribution in [3.63, 3.8) is 0 Å². The van der Waals surface area contributed by atoms with Gasteiger partial charge >= 0.3 is 6.61 Å². The van der Waals surface area contributed by atoms with Gasteiger partial charge in [-0.05, 0) is 49.6 Å². The van der Waals surface area contributed by atoms with E-state index in [2.05, 4.69) is 4.98 Å². The first-order chi connectivity index (χ1) is 17.3. The molecule has 0 spiro atoms. The second kappa shape index (κ2) is 7.33. The van der Waals surface area contributed by atoms with Crippen molar-refractivity contribution in [3.8, 4) is 16.9 Å². The Morgan fingerprint density at radius 2 is 1.94 bits per heavy atom. The highest BCUT2D eigenvalue weighted by atomic mass is 19.3. The molecule has 7 rings (SSSR count). The Morgan fingerprint density at radius 1 is 1.14 bits per heavy atom. The lowest BCUT2D eigenvalue weighted by atomic mass is 9.91. The van der Waals surface area contributed by atoms with E-state index in [-0.39, 0.29) is 29.2 Å². The molecule has 36 heavy (non-hydrogen) atoms. The van der Waals surface area contributed by atoms with Crippen LogP contribution in [0.25, 0.3) is 16.8 Å². The largest absolute Gasteiger partial charge is 0.434 e. The number of nitrogens with zero attached hydrogens (tertiary/aromatic N) is 4. The van der Waals surface area contributed by atoms with Gasteiger partial charge in [0.2, 0.25) is 0 Å². The minimum absolute atomic E-state index is 0.0319. The van der Waals surface area contributed by atoms with Crippen molar-refractivity contribution in [1.82, 2.24) is 19.3 Å². The summed E-state index contributed by atoms with van der Waals surface area (Å²) in [7, 11) is 1.74. The predicted octanol–water partition coefficient (Wildman–Crippen LogP) is 4.61. The zero-order valence-corrected chi connectivity index (χ0v) is 19.5. The summed E-state index contributed by atoms with van der Waals surface area (Å²) in [6, 6.07) is 12.4. The van der Waals surface area contributed by atoms with Gasteiger partial charge < -0.3 is 19.8 Å². The van der Waals surface area contributed by atoms with Crippen LogP contribution in [0.5, 0.6) is 5.75 Å². The number of fused-ring (bicyclic) bond motifs is 9. The molecule has 3 aromatic heterocycles. The van der Waals surface area contributed by atoms with Gasteiger partial charge in [0.25, 0.3) is 5.91 Å². The summed E-state index contributed by atoms with van der Waals surface area (Å²) in [5.74, 6) is -0.508. The normalized spacial score (nSPS) is 21.5. The fraction of sp³-hybridized carbons (Fsp3) is 0.296. The Balaban J connectivity index is 1.39. The number of pyridine rings is 2. The molecule has 1 saturated carbocycles. The maximum absolute atomic E-state index is 13.3. The topological polar surface area (TPSA) is 85.8 Å². The van der Waals surface area contributed by atoms with Crippen molar-refractivity contribution in [2.75, 3.05) is 7.05 Å². The summed E-state index contributed by atoms with van der Waals surface area (Å²) in [5.41, 5.74) is 12.1. The number of nitrogens with two attached hydrogens (primary N) is 1. The number of hydrogen-bond donors (Lipinski definition) is 1. The van der Waals surface area contributed by atoms with E-state index in [1.165, 1.54) is 6.07 Å². The molecular formula is C27H23F2N5O2. The maximum atomic E-state index is 13.3. The van der Waals surface area contributed by atoms with E-state index >= 15 is 0 Å². The van der Waals surface area contributed by atoms with Crippen LogP contribution in [0.2, 0.25) is 0 Å². The summed E-state index contributed by atoms with van der Waals surface area (Å²) in [6.45, 7) is -2.99. The van der Waals surface area contributed by atoms with Gasteiger partial charge in [-0.3, -0.25) is 9.78 Å². The monoisotopic (exact) mass is 487 g/mol. The highest BCUT2D eigenvalue weighted by Gasteiger charge is 2.46. The predicted molar refractivity (Wildman–Crippen MR) is 128 cm³/mol. The zero-order valence-electron chi connectivity index (χ0n) is 19.5. The quantitative estimate of drug-likeness (QED) is 0.455. The summed E-state index contributed by atoms with van der Waals surface area (Å²) < 4.78 is 33.5. The molecule has 1 fully saturated rings. The summed E-state index contributed by atoms with van der Waals surface area (Å²) in [4.78, 5) is 24.4. The summed E-state index contributed by atoms with van der Waals surface area (Å²) in [6.07, 6.45) is 6.29. The molecule has 2 atom stereocenters. The molecule has 7 nitrogen and oxygen atoms in total. The van der Waals surface area contributed by atoms with E-state index in [1.807, 2.05) is 41.1 Å². The minimum atomic E-state index is -2.99. The number of carbonyl (C=O) groups is 1. The third-order valence-electron chi connectivity index (χ3n) is 7.83. The smallest absolute Gasteiger partial charge is 0.387 e. The molecule has 4 heterocycles. The molecule has 2 unspecified atom stereocenters. The fourth-order valence-electron chi connectivity index (χ4n) is 5.76. The molecule has 2 bridgehead atoms. The number of ether oxygens (including phenoxy) is 1. The van der Waals surface area contributed by atoms with Crippen LogP contribution < -0.4 is 10.5 Å². The summed E-state index contributed by atoms with van der Waals surface area (Å²) >= 11 is 0. The van der Waals surface area contributed by atoms with Crippen LogP contribution in [0.1, 0.15) is 64.2 Å². The van der Waals surface area contributed by atoms with Crippen LogP contribution in [0.4, 0.5) is 8.78 Å². The highest BCUT2D eigenvalue weighted by Crippen LogP contribution is 2.52. The second-order valence-corrected chi connectivity index (χ2v) is 9.93. The molecule has 3 aliphatic rings. The first kappa shape index (κ1) is 21.4. The van der Waals surface area contributed by atoms with E-state index in [1.54, 1.807) is 24.1 Å². The van der Waals surface area contributed by atoms with E-state index < -0.39 is 6.61 Å². The van der Waals surface area contributed by atoms with Crippen LogP contribution in [-0.4, -0.2) is 38.8 Å². The number of aromatic nitrogens is 3. The number of amides is 1. The standard InChI is InChI=1S/C27H23F2N5O2/c1-33-18-11-17(22-16(25(33)35)3-2-4-19(22)36-26(28)29)24-23(18)32-21-8-6-15(13-34(21)24)14-5-7-20(31-12-14)27(30)9-10-27/h2-8,12-13,17-18,26H,9-11,30H2,1H3. The van der Waals surface area contributed by atoms with Gasteiger partial charge in [-0.2, -0.15) is 8.78 Å². The number of hydrogen-bond acceptors (Lipinski definition) is 5. The molecule has 182 valence electrons. The van der Waals surface area contributed by atoms with Gasteiger partial charge in [-0.25, -0.2) is 4.98 Å². The van der Waals surface area contributed by atoms with Crippen molar-refractivity contribution >= 4 is 11.6 Å². The van der Waals surface area contributed by atoms with E-state index in [4.69, 9.17) is 15.5 Å². The minimum Gasteiger partial charge on any atom is -0.434 e. The van der Waals surface area contributed by atoms with Crippen LogP contribution in [0, 0.1) is 0 Å². The highest BCUT2D eigenvalue weighted by molar-refractivity contribution is 5.98. The van der Waals surface area contributed by atoms with Crippen LogP contribution in [0.3, 0.4) is 0 Å². The van der Waals surface area contributed by atoms with Gasteiger partial charge in [0, 0.05) is 47.6 Å². The van der Waals surface area contributed by atoms with Crippen LogP contribution >= 0.6 is 0 Å². The molecule has 1 amide bonds. The van der Waals surface area contributed by atoms with Gasteiger partial charge in [0.1, 0.15) is 11.4 Å². The Kier molecular flexibility index (Phi) is 4.36. The molecule has 0 saturated heterocycles. The van der Waals surface area contributed by atoms with Gasteiger partial charge in [0.15, 0.2) is 0 Å². The lowest BCUT2D eigenvalue weighted by molar-refractivity contribution is -0.0506. The number of rotatable bonds is 4. The molecule has 1 aliphatic heterocycles. The molecule has 2 N–H and O–H groups in total. The number of imidazole rings is 1. The Morgan fingerprint density at radius 3 is 2.67 bits per heavy atom. The second-order valence-electron chi connectivity index (χ2n) is 9.93. The number of benzene rings is 1. The lowest BCUT2D eigenvalue weighted by Crippen LogP contribution is -2.30. The maximum Gasteiger partial charge on any atom is 0.387 e. The zero-order chi connectivity index (χ0) is 24.8. The molecule has 9 heteroatoms. The number of carbonyl (C=O) groups excluding carboxylic acids is 1. The van der Waals surface area contributed by atoms with Gasteiger partial charge in [-0.15, -0.1) is 0 Å². The molecule has 4 aromatic rings. The molecular weight excluding hydrogens is 464 g/mol. The van der Waals surface area contributed by atoms with E-state index in [0.29, 0.717) is 17.5 Å². The number of alkyl halides is 2. The molecule has 2 aliphatic carbocycles. The fourth-order valence-corrected chi connectivity index (χ4v) is 5.76. The van der Waals surface area contributed by atoms with E-state index in [0.717, 1.165) is 46.7 Å². The summed E-state index contributed by atoms with van der Waals surface area (Å²) in [5, 5.41) is 0. The van der Waals surface area contributed by atoms with Crippen molar-refractivity contribution < 1.29 is 18.3 Å². The first-order valence-corrected chi connectivity index (χ1v) is 12.0. The van der Waals surface area contributed by atoms with Gasteiger partial charge in [0.05, 0.1) is 28.7 Å². The van der Waals surface area contributed by atoms with Gasteiger partial charge in [-0.1, -0.05) is 12.1 Å². The third kappa shape index (κ3) is 3.02. The lowest BCUT2D eigenvalue weighted by Gasteiger charge is -2.24. The van der Waals surface area contributed by atoms with E-state index in [9.17, 15) is 13.6 Å².